The fourth-order valence-corrected chi connectivity index (χ4v) is 5.87. The highest BCUT2D eigenvalue weighted by Gasteiger charge is 2.67. The van der Waals surface area contributed by atoms with Crippen LogP contribution in [0.25, 0.3) is 0 Å². The predicted octanol–water partition coefficient (Wildman–Crippen LogP) is 1.08. The average molecular weight is 401 g/mol. The molecule has 0 unspecified atom stereocenters. The Balaban J connectivity index is 1.41. The van der Waals surface area contributed by atoms with Crippen LogP contribution < -0.4 is 4.90 Å². The van der Waals surface area contributed by atoms with Crippen molar-refractivity contribution < 1.29 is 19.4 Å². The van der Waals surface area contributed by atoms with Gasteiger partial charge in [-0.25, -0.2) is 0 Å². The molecule has 7 heteroatoms. The summed E-state index contributed by atoms with van der Waals surface area (Å²) in [6.45, 7) is 2.05. The summed E-state index contributed by atoms with van der Waals surface area (Å²) in [6, 6.07) is 7.70. The van der Waals surface area contributed by atoms with Gasteiger partial charge in [0.15, 0.2) is 0 Å². The molecule has 1 N–H and O–H groups in total. The summed E-state index contributed by atoms with van der Waals surface area (Å²) in [5.41, 5.74) is 1.16. The van der Waals surface area contributed by atoms with Gasteiger partial charge < -0.3 is 19.6 Å². The summed E-state index contributed by atoms with van der Waals surface area (Å²) in [5.74, 6) is 1.09. The lowest BCUT2D eigenvalue weighted by Crippen LogP contribution is -2.48. The molecule has 4 aliphatic heterocycles. The minimum absolute atomic E-state index is 0.0218. The number of ether oxygens (including phenoxy) is 1. The first-order valence-corrected chi connectivity index (χ1v) is 11.0. The standard InChI is InChI=1S/C21H24N2O4S/c24-10-6-14-1-3-15(4-2-14)23-13-21-7-5-16(27-21)17(18(21)20(23)26)19(25)22-8-11-28-12-9-22/h1-5,7,16-18,24H,6,8-13H2/t16-,17-,18+,21-/m0/s1. The Morgan fingerprint density at radius 2 is 2.00 bits per heavy atom. The van der Waals surface area contributed by atoms with Gasteiger partial charge in [0.2, 0.25) is 11.8 Å². The highest BCUT2D eigenvalue weighted by atomic mass is 32.2. The second kappa shape index (κ2) is 6.90. The number of hydrogen-bond donors (Lipinski definition) is 1. The number of thioether (sulfide) groups is 1. The SMILES string of the molecule is O=C([C@H]1[C@@H]2C=C[C@@]3(CN(c4ccc(CCO)cc4)C(=O)[C@@H]13)O2)N1CCSCC1. The highest BCUT2D eigenvalue weighted by Crippen LogP contribution is 2.53. The summed E-state index contributed by atoms with van der Waals surface area (Å²) in [5, 5.41) is 9.08. The fourth-order valence-electron chi connectivity index (χ4n) is 4.96. The maximum absolute atomic E-state index is 13.4. The molecular weight excluding hydrogens is 376 g/mol. The lowest BCUT2D eigenvalue weighted by molar-refractivity contribution is -0.140. The Kier molecular flexibility index (Phi) is 4.49. The van der Waals surface area contributed by atoms with E-state index in [0.29, 0.717) is 13.0 Å². The molecule has 4 heterocycles. The summed E-state index contributed by atoms with van der Waals surface area (Å²) in [7, 11) is 0. The molecule has 148 valence electrons. The first-order valence-electron chi connectivity index (χ1n) is 9.88. The van der Waals surface area contributed by atoms with E-state index in [1.54, 1.807) is 4.90 Å². The normalized spacial score (nSPS) is 33.6. The van der Waals surface area contributed by atoms with Gasteiger partial charge in [0.25, 0.3) is 0 Å². The van der Waals surface area contributed by atoms with Crippen LogP contribution in [0.1, 0.15) is 5.56 Å². The second-order valence-corrected chi connectivity index (χ2v) is 9.13. The molecule has 1 aromatic rings. The summed E-state index contributed by atoms with van der Waals surface area (Å²) >= 11 is 1.86. The van der Waals surface area contributed by atoms with Gasteiger partial charge in [-0.1, -0.05) is 24.3 Å². The average Bonchev–Trinajstić information content (AvgIpc) is 3.37. The van der Waals surface area contributed by atoms with Crippen LogP contribution in [0.3, 0.4) is 0 Å². The predicted molar refractivity (Wildman–Crippen MR) is 107 cm³/mol. The number of benzene rings is 1. The van der Waals surface area contributed by atoms with E-state index in [2.05, 4.69) is 0 Å². The van der Waals surface area contributed by atoms with Crippen LogP contribution >= 0.6 is 11.8 Å². The second-order valence-electron chi connectivity index (χ2n) is 7.90. The number of rotatable bonds is 4. The van der Waals surface area contributed by atoms with Crippen molar-refractivity contribution in [3.05, 3.63) is 42.0 Å². The number of hydrogen-bond acceptors (Lipinski definition) is 5. The molecule has 1 spiro atoms. The van der Waals surface area contributed by atoms with E-state index >= 15 is 0 Å². The zero-order valence-corrected chi connectivity index (χ0v) is 16.4. The number of nitrogens with zero attached hydrogens (tertiary/aromatic N) is 2. The lowest BCUT2D eigenvalue weighted by atomic mass is 9.76. The van der Waals surface area contributed by atoms with Crippen molar-refractivity contribution in [3.63, 3.8) is 0 Å². The molecule has 2 bridgehead atoms. The van der Waals surface area contributed by atoms with Gasteiger partial charge in [0, 0.05) is 36.9 Å². The molecule has 5 rings (SSSR count). The highest BCUT2D eigenvalue weighted by molar-refractivity contribution is 7.99. The van der Waals surface area contributed by atoms with Gasteiger partial charge >= 0.3 is 0 Å². The molecule has 0 aromatic heterocycles. The zero-order valence-electron chi connectivity index (χ0n) is 15.6. The third-order valence-corrected chi connectivity index (χ3v) is 7.30. The number of carbonyl (C=O) groups excluding carboxylic acids is 2. The number of aliphatic hydroxyl groups excluding tert-OH is 1. The van der Waals surface area contributed by atoms with Crippen molar-refractivity contribution in [1.82, 2.24) is 4.90 Å². The van der Waals surface area contributed by atoms with Crippen molar-refractivity contribution in [2.45, 2.75) is 18.1 Å². The van der Waals surface area contributed by atoms with Crippen molar-refractivity contribution in [2.75, 3.05) is 42.6 Å². The van der Waals surface area contributed by atoms with Crippen molar-refractivity contribution >= 4 is 29.3 Å². The lowest BCUT2D eigenvalue weighted by Gasteiger charge is -2.32. The number of amides is 2. The molecule has 28 heavy (non-hydrogen) atoms. The maximum atomic E-state index is 13.4. The fraction of sp³-hybridized carbons (Fsp3) is 0.524. The van der Waals surface area contributed by atoms with Gasteiger partial charge in [-0.05, 0) is 24.1 Å². The first-order chi connectivity index (χ1) is 13.6. The van der Waals surface area contributed by atoms with E-state index in [1.165, 1.54) is 0 Å². The van der Waals surface area contributed by atoms with E-state index in [4.69, 9.17) is 9.84 Å². The molecule has 1 aromatic carbocycles. The van der Waals surface area contributed by atoms with Gasteiger partial charge in [-0.15, -0.1) is 0 Å². The largest absolute Gasteiger partial charge is 0.396 e. The Labute approximate surface area is 168 Å². The number of carbonyl (C=O) groups is 2. The molecule has 6 nitrogen and oxygen atoms in total. The summed E-state index contributed by atoms with van der Waals surface area (Å²) in [6.07, 6.45) is 4.28. The molecule has 3 fully saturated rings. The van der Waals surface area contributed by atoms with E-state index < -0.39 is 17.4 Å². The summed E-state index contributed by atoms with van der Waals surface area (Å²) in [4.78, 5) is 30.3. The van der Waals surface area contributed by atoms with Crippen LogP contribution in [0, 0.1) is 11.8 Å². The third-order valence-electron chi connectivity index (χ3n) is 6.36. The number of fused-ring (bicyclic) bond motifs is 1. The van der Waals surface area contributed by atoms with Crippen molar-refractivity contribution in [3.8, 4) is 0 Å². The molecular formula is C21H24N2O4S. The van der Waals surface area contributed by atoms with Crippen LogP contribution in [0.4, 0.5) is 5.69 Å². The van der Waals surface area contributed by atoms with Crippen molar-refractivity contribution in [2.24, 2.45) is 11.8 Å². The Hall–Kier alpha value is -1.83. The van der Waals surface area contributed by atoms with Crippen LogP contribution in [0.15, 0.2) is 36.4 Å². The Morgan fingerprint density at radius 1 is 1.25 bits per heavy atom. The monoisotopic (exact) mass is 400 g/mol. The van der Waals surface area contributed by atoms with Crippen LogP contribution in [-0.2, 0) is 20.7 Å². The molecule has 4 atom stereocenters. The van der Waals surface area contributed by atoms with E-state index in [9.17, 15) is 9.59 Å². The molecule has 4 aliphatic rings. The van der Waals surface area contributed by atoms with Crippen LogP contribution in [-0.4, -0.2) is 71.3 Å². The van der Waals surface area contributed by atoms with E-state index in [1.807, 2.05) is 53.1 Å². The summed E-state index contributed by atoms with van der Waals surface area (Å²) < 4.78 is 6.23. The van der Waals surface area contributed by atoms with Crippen LogP contribution in [0.5, 0.6) is 0 Å². The number of aliphatic hydroxyl groups is 1. The maximum Gasteiger partial charge on any atom is 0.234 e. The zero-order chi connectivity index (χ0) is 19.3. The quantitative estimate of drug-likeness (QED) is 0.766. The first kappa shape index (κ1) is 18.2. The third kappa shape index (κ3) is 2.71. The minimum atomic E-state index is -0.684. The Morgan fingerprint density at radius 3 is 2.71 bits per heavy atom. The molecule has 0 radical (unpaired) electrons. The smallest absolute Gasteiger partial charge is 0.234 e. The van der Waals surface area contributed by atoms with Crippen molar-refractivity contribution in [1.29, 1.82) is 0 Å². The molecule has 3 saturated heterocycles. The van der Waals surface area contributed by atoms with Gasteiger partial charge in [0.1, 0.15) is 5.60 Å². The van der Waals surface area contributed by atoms with E-state index in [0.717, 1.165) is 35.8 Å². The van der Waals surface area contributed by atoms with E-state index in [-0.39, 0.29) is 24.5 Å². The topological polar surface area (TPSA) is 70.1 Å². The molecule has 2 amide bonds. The van der Waals surface area contributed by atoms with Gasteiger partial charge in [-0.3, -0.25) is 9.59 Å². The minimum Gasteiger partial charge on any atom is -0.396 e. The number of anilines is 1. The molecule has 0 saturated carbocycles. The molecule has 0 aliphatic carbocycles. The van der Waals surface area contributed by atoms with Gasteiger partial charge in [-0.2, -0.15) is 11.8 Å². The van der Waals surface area contributed by atoms with Crippen LogP contribution in [0.2, 0.25) is 0 Å². The van der Waals surface area contributed by atoms with Gasteiger partial charge in [0.05, 0.1) is 24.5 Å². The Bertz CT molecular complexity index is 820.